The molecule has 0 saturated carbocycles. The lowest BCUT2D eigenvalue weighted by atomic mass is 9.91. The van der Waals surface area contributed by atoms with Crippen molar-refractivity contribution in [2.75, 3.05) is 25.5 Å². The molecule has 0 bridgehead atoms. The first-order chi connectivity index (χ1) is 11.5. The number of β-lactam (4-membered cyclic amide) rings is 1. The Bertz CT molecular complexity index is 733. The largest absolute Gasteiger partial charge is 0.471 e. The smallest absolute Gasteiger partial charge is 0.320 e. The van der Waals surface area contributed by atoms with E-state index in [2.05, 4.69) is 0 Å². The van der Waals surface area contributed by atoms with E-state index in [4.69, 9.17) is 15.2 Å². The van der Waals surface area contributed by atoms with E-state index in [1.165, 1.54) is 0 Å². The first-order valence-electron chi connectivity index (χ1n) is 7.75. The third kappa shape index (κ3) is 4.01. The van der Waals surface area contributed by atoms with Gasteiger partial charge in [0.1, 0.15) is 13.2 Å². The number of ketones is 1. The highest BCUT2D eigenvalue weighted by Crippen LogP contribution is 2.36. The van der Waals surface area contributed by atoms with E-state index in [9.17, 15) is 22.8 Å². The van der Waals surface area contributed by atoms with Crippen molar-refractivity contribution in [1.29, 1.82) is 0 Å². The highest BCUT2D eigenvalue weighted by Gasteiger charge is 2.52. The van der Waals surface area contributed by atoms with Gasteiger partial charge in [-0.2, -0.15) is 0 Å². The summed E-state index contributed by atoms with van der Waals surface area (Å²) < 4.78 is 34.9. The number of nitrogens with two attached hydrogens (primary N) is 1. The minimum Gasteiger partial charge on any atom is -0.471 e. The summed E-state index contributed by atoms with van der Waals surface area (Å²) in [4.78, 5) is 36.2. The molecular weight excluding hydrogens is 352 g/mol. The van der Waals surface area contributed by atoms with Crippen molar-refractivity contribution in [3.05, 3.63) is 11.5 Å². The third-order valence-corrected chi connectivity index (χ3v) is 5.93. The molecule has 0 aliphatic carbocycles. The fraction of sp³-hybridized carbons (Fsp3) is 0.667. The number of carbonyl (C=O) groups is 3. The lowest BCUT2D eigenvalue weighted by Crippen LogP contribution is -2.59. The van der Waals surface area contributed by atoms with Crippen LogP contribution in [-0.2, 0) is 33.7 Å². The van der Waals surface area contributed by atoms with Crippen LogP contribution in [0, 0.1) is 5.41 Å². The SMILES string of the molecule is CC(C)(C)C(=O)COC1=C(COC(=O)CN)CS(=O)(=O)[C@@H]2CC(=O)N12. The summed E-state index contributed by atoms with van der Waals surface area (Å²) in [6.07, 6.45) is -0.127. The molecule has 1 amide bonds. The van der Waals surface area contributed by atoms with Crippen LogP contribution in [0.25, 0.3) is 0 Å². The Kier molecular flexibility index (Phi) is 5.24. The zero-order valence-electron chi connectivity index (χ0n) is 14.4. The summed E-state index contributed by atoms with van der Waals surface area (Å²) in [6, 6.07) is 0. The van der Waals surface area contributed by atoms with Gasteiger partial charge in [0, 0.05) is 11.0 Å². The van der Waals surface area contributed by atoms with Crippen LogP contribution in [0.2, 0.25) is 0 Å². The lowest BCUT2D eigenvalue weighted by molar-refractivity contribution is -0.146. The number of nitrogens with zero attached hydrogens (tertiary/aromatic N) is 1. The number of sulfone groups is 1. The molecule has 2 N–H and O–H groups in total. The maximum atomic E-state index is 12.2. The highest BCUT2D eigenvalue weighted by atomic mass is 32.2. The van der Waals surface area contributed by atoms with Crippen LogP contribution in [0.5, 0.6) is 0 Å². The molecule has 2 heterocycles. The predicted molar refractivity (Wildman–Crippen MR) is 86.5 cm³/mol. The number of rotatable bonds is 6. The number of esters is 1. The maximum absolute atomic E-state index is 12.2. The Balaban J connectivity index is 2.28. The van der Waals surface area contributed by atoms with E-state index in [-0.39, 0.29) is 43.4 Å². The Hall–Kier alpha value is -1.94. The van der Waals surface area contributed by atoms with Gasteiger partial charge >= 0.3 is 5.97 Å². The molecule has 0 unspecified atom stereocenters. The monoisotopic (exact) mass is 374 g/mol. The second-order valence-corrected chi connectivity index (χ2v) is 9.12. The topological polar surface area (TPSA) is 133 Å². The number of hydrogen-bond donors (Lipinski definition) is 1. The van der Waals surface area contributed by atoms with Crippen LogP contribution < -0.4 is 5.73 Å². The van der Waals surface area contributed by atoms with Gasteiger partial charge in [0.15, 0.2) is 21.0 Å². The van der Waals surface area contributed by atoms with Crippen LogP contribution in [0.3, 0.4) is 0 Å². The van der Waals surface area contributed by atoms with Gasteiger partial charge < -0.3 is 15.2 Å². The van der Waals surface area contributed by atoms with E-state index < -0.39 is 38.3 Å². The van der Waals surface area contributed by atoms with E-state index >= 15 is 0 Å². The van der Waals surface area contributed by atoms with Gasteiger partial charge in [-0.05, 0) is 0 Å². The van der Waals surface area contributed by atoms with Gasteiger partial charge in [-0.15, -0.1) is 0 Å². The Morgan fingerprint density at radius 2 is 1.96 bits per heavy atom. The lowest BCUT2D eigenvalue weighted by Gasteiger charge is -2.44. The van der Waals surface area contributed by atoms with Crippen molar-refractivity contribution >= 4 is 27.5 Å². The first-order valence-corrected chi connectivity index (χ1v) is 9.46. The summed E-state index contributed by atoms with van der Waals surface area (Å²) in [5.74, 6) is -1.77. The highest BCUT2D eigenvalue weighted by molar-refractivity contribution is 7.92. The van der Waals surface area contributed by atoms with Gasteiger partial charge in [-0.1, -0.05) is 20.8 Å². The fourth-order valence-corrected chi connectivity index (χ4v) is 4.16. The predicted octanol–water partition coefficient (Wildman–Crippen LogP) is -0.681. The average molecular weight is 374 g/mol. The molecule has 0 radical (unpaired) electrons. The summed E-state index contributed by atoms with van der Waals surface area (Å²) >= 11 is 0. The molecule has 10 heteroatoms. The molecule has 0 spiro atoms. The minimum absolute atomic E-state index is 0.0153. The van der Waals surface area contributed by atoms with Crippen molar-refractivity contribution in [3.8, 4) is 0 Å². The van der Waals surface area contributed by atoms with Gasteiger partial charge in [0.25, 0.3) is 0 Å². The molecule has 1 saturated heterocycles. The number of amides is 1. The van der Waals surface area contributed by atoms with Crippen molar-refractivity contribution in [2.45, 2.75) is 32.6 Å². The number of carbonyl (C=O) groups excluding carboxylic acids is 3. The minimum atomic E-state index is -3.60. The molecule has 0 aromatic carbocycles. The standard InChI is InChI=1S/C15H22N2O7S/c1-15(2,3)10(18)7-24-14-9(6-23-13(20)5-16)8-25(21,22)12-4-11(19)17(12)14/h12H,4-8,16H2,1-3H3/t12-/m1/s1. The van der Waals surface area contributed by atoms with Crippen molar-refractivity contribution < 1.29 is 32.3 Å². The molecule has 0 aromatic heterocycles. The van der Waals surface area contributed by atoms with Crippen LogP contribution in [-0.4, -0.2) is 61.9 Å². The van der Waals surface area contributed by atoms with Gasteiger partial charge in [0.05, 0.1) is 18.7 Å². The Morgan fingerprint density at radius 3 is 2.48 bits per heavy atom. The summed E-state index contributed by atoms with van der Waals surface area (Å²) in [5, 5.41) is -0.992. The molecule has 1 fully saturated rings. The van der Waals surface area contributed by atoms with Crippen LogP contribution in [0.1, 0.15) is 27.2 Å². The second kappa shape index (κ2) is 6.75. The number of hydrogen-bond acceptors (Lipinski definition) is 8. The molecule has 0 aromatic rings. The molecule has 140 valence electrons. The maximum Gasteiger partial charge on any atom is 0.320 e. The van der Waals surface area contributed by atoms with Gasteiger partial charge in [0.2, 0.25) is 11.8 Å². The van der Waals surface area contributed by atoms with E-state index in [0.717, 1.165) is 4.90 Å². The molecular formula is C15H22N2O7S. The fourth-order valence-electron chi connectivity index (χ4n) is 2.34. The number of fused-ring (bicyclic) bond motifs is 1. The Labute approximate surface area is 146 Å². The zero-order valence-corrected chi connectivity index (χ0v) is 15.2. The van der Waals surface area contributed by atoms with Crippen molar-refractivity contribution in [2.24, 2.45) is 11.1 Å². The van der Waals surface area contributed by atoms with E-state index in [1.54, 1.807) is 20.8 Å². The Morgan fingerprint density at radius 1 is 1.32 bits per heavy atom. The van der Waals surface area contributed by atoms with E-state index in [1.807, 2.05) is 0 Å². The zero-order chi connectivity index (χ0) is 19.0. The molecule has 2 rings (SSSR count). The summed E-state index contributed by atoms with van der Waals surface area (Å²) in [7, 11) is -3.60. The average Bonchev–Trinajstić information content (AvgIpc) is 2.50. The number of ether oxygens (including phenoxy) is 2. The van der Waals surface area contributed by atoms with Gasteiger partial charge in [-0.25, -0.2) is 8.42 Å². The third-order valence-electron chi connectivity index (χ3n) is 3.97. The summed E-state index contributed by atoms with van der Waals surface area (Å²) in [5.41, 5.74) is 4.63. The first kappa shape index (κ1) is 19.4. The number of Topliss-reactive ketones (excluding diaryl/α,β-unsaturated/α-hetero) is 1. The molecule has 9 nitrogen and oxygen atoms in total. The van der Waals surface area contributed by atoms with Crippen molar-refractivity contribution in [1.82, 2.24) is 4.90 Å². The van der Waals surface area contributed by atoms with Crippen LogP contribution in [0.4, 0.5) is 0 Å². The molecule has 2 aliphatic heterocycles. The van der Waals surface area contributed by atoms with Crippen molar-refractivity contribution in [3.63, 3.8) is 0 Å². The normalized spacial score (nSPS) is 22.2. The second-order valence-electron chi connectivity index (χ2n) is 6.97. The molecule has 1 atom stereocenters. The molecule has 25 heavy (non-hydrogen) atoms. The van der Waals surface area contributed by atoms with Crippen LogP contribution >= 0.6 is 0 Å². The van der Waals surface area contributed by atoms with E-state index in [0.29, 0.717) is 0 Å². The molecule has 2 aliphatic rings. The van der Waals surface area contributed by atoms with Crippen LogP contribution in [0.15, 0.2) is 11.5 Å². The summed E-state index contributed by atoms with van der Waals surface area (Å²) in [6.45, 7) is 4.12. The quantitative estimate of drug-likeness (QED) is 0.477. The van der Waals surface area contributed by atoms with Gasteiger partial charge in [-0.3, -0.25) is 19.3 Å².